The molecule has 5 atom stereocenters. The van der Waals surface area contributed by atoms with Gasteiger partial charge in [-0.2, -0.15) is 0 Å². The van der Waals surface area contributed by atoms with Crippen molar-refractivity contribution in [3.63, 3.8) is 0 Å². The van der Waals surface area contributed by atoms with Crippen molar-refractivity contribution in [1.82, 2.24) is 0 Å². The molecule has 0 saturated carbocycles. The van der Waals surface area contributed by atoms with Crippen LogP contribution < -0.4 is 0 Å². The van der Waals surface area contributed by atoms with Crippen molar-refractivity contribution in [2.24, 2.45) is 0 Å². The summed E-state index contributed by atoms with van der Waals surface area (Å²) in [6.07, 6.45) is 86.2. The average molecular weight is 1400 g/mol. The summed E-state index contributed by atoms with van der Waals surface area (Å²) >= 11 is 0. The van der Waals surface area contributed by atoms with Crippen LogP contribution in [0.5, 0.6) is 0 Å². The van der Waals surface area contributed by atoms with Gasteiger partial charge < -0.3 is 34.2 Å². The maximum atomic E-state index is 12.9. The van der Waals surface area contributed by atoms with Gasteiger partial charge >= 0.3 is 33.6 Å². The minimum absolute atomic E-state index is 0.0859. The predicted molar refractivity (Wildman–Crippen MR) is 399 cm³/mol. The largest absolute Gasteiger partial charge is 0.472 e. The minimum atomic E-state index is -4.93. The number of unbranched alkanes of at least 4 members (excludes halogenated alkanes) is 22. The van der Waals surface area contributed by atoms with Crippen molar-refractivity contribution in [1.29, 1.82) is 0 Å². The number of esters is 3. The molecule has 0 radical (unpaired) electrons. The highest BCUT2D eigenvalue weighted by Gasteiger charge is 2.29. The molecule has 0 heterocycles. The Balaban J connectivity index is 4.49. The number of aliphatic hydroxyl groups is 2. The van der Waals surface area contributed by atoms with E-state index in [0.717, 1.165) is 173 Å². The summed E-state index contributed by atoms with van der Waals surface area (Å²) in [5, 5.41) is 20.6. The molecule has 0 aromatic rings. The molecular weight excluding hydrogens is 1270 g/mol. The second-order valence-electron chi connectivity index (χ2n) is 24.3. The number of phosphoric ester groups is 2. The van der Waals surface area contributed by atoms with Crippen molar-refractivity contribution in [3.8, 4) is 0 Å². The standard InChI is InChI=1S/C79H132O16P2/c1-4-7-10-13-16-19-22-24-26-28-30-32-33-34-35-36-37-38-39-41-43-44-46-48-51-53-56-59-62-65-77(82)89-68-74(80)69-91-96(85,86)92-70-75(81)71-93-97(87,88)94-73-76(95-79(84)67-64-61-58-55-50-21-18-15-12-9-6-3)72-90-78(83)66-63-60-57-54-52-49-47-45-42-40-31-29-27-25-23-20-17-14-11-8-5-2/h7-8,10-11,15-20,24-27,30-32,34-35,37-38,40,45,47,74-76,80-81H,4-6,9,12-14,21-23,28-29,33,36,39,41-44,46,48-73H2,1-3H3,(H,85,86)(H,87,88)/b10-7-,11-8-,18-15-,19-16-,20-17-,26-24-,27-25-,32-30-,35-34-,38-37-,40-31-,47-45-. The Kier molecular flexibility index (Phi) is 67.9. The van der Waals surface area contributed by atoms with Gasteiger partial charge in [-0.05, 0) is 135 Å². The lowest BCUT2D eigenvalue weighted by Gasteiger charge is -2.21. The molecule has 16 nitrogen and oxygen atoms in total. The number of carbonyl (C=O) groups is 3. The maximum Gasteiger partial charge on any atom is 0.472 e. The van der Waals surface area contributed by atoms with E-state index in [0.29, 0.717) is 19.3 Å². The Bertz CT molecular complexity index is 2350. The molecule has 0 aliphatic rings. The van der Waals surface area contributed by atoms with E-state index in [-0.39, 0.29) is 19.3 Å². The van der Waals surface area contributed by atoms with Crippen molar-refractivity contribution in [2.45, 2.75) is 296 Å². The molecule has 0 rings (SSSR count). The summed E-state index contributed by atoms with van der Waals surface area (Å²) < 4.78 is 60.9. The average Bonchev–Trinajstić information content (AvgIpc) is 3.74. The van der Waals surface area contributed by atoms with Gasteiger partial charge in [-0.1, -0.05) is 269 Å². The number of hydrogen-bond acceptors (Lipinski definition) is 14. The van der Waals surface area contributed by atoms with Gasteiger partial charge in [0.25, 0.3) is 0 Å². The van der Waals surface area contributed by atoms with Crippen LogP contribution in [0.2, 0.25) is 0 Å². The Hall–Kier alpha value is -4.57. The highest BCUT2D eigenvalue weighted by Crippen LogP contribution is 2.45. The summed E-state index contributed by atoms with van der Waals surface area (Å²) in [4.78, 5) is 58.4. The lowest BCUT2D eigenvalue weighted by molar-refractivity contribution is -0.161. The van der Waals surface area contributed by atoms with Crippen LogP contribution in [0.1, 0.15) is 278 Å². The fraction of sp³-hybridized carbons (Fsp3) is 0.658. The van der Waals surface area contributed by atoms with Crippen molar-refractivity contribution in [3.05, 3.63) is 146 Å². The number of allylic oxidation sites excluding steroid dienone is 24. The topological polar surface area (TPSA) is 231 Å². The highest BCUT2D eigenvalue weighted by atomic mass is 31.2. The zero-order valence-corrected chi connectivity index (χ0v) is 62.0. The lowest BCUT2D eigenvalue weighted by Crippen LogP contribution is -2.30. The van der Waals surface area contributed by atoms with Crippen LogP contribution in [-0.2, 0) is 55.8 Å². The van der Waals surface area contributed by atoms with Gasteiger partial charge in [0.2, 0.25) is 0 Å². The number of aliphatic hydroxyl groups excluding tert-OH is 2. The first-order valence-corrected chi connectivity index (χ1v) is 40.1. The van der Waals surface area contributed by atoms with Gasteiger partial charge in [-0.25, -0.2) is 9.13 Å². The first-order chi connectivity index (χ1) is 47.2. The Morgan fingerprint density at radius 3 is 0.876 bits per heavy atom. The minimum Gasteiger partial charge on any atom is -0.463 e. The summed E-state index contributed by atoms with van der Waals surface area (Å²) in [6.45, 7) is 2.35. The van der Waals surface area contributed by atoms with Gasteiger partial charge in [-0.3, -0.25) is 32.5 Å². The molecule has 0 bridgehead atoms. The van der Waals surface area contributed by atoms with Crippen molar-refractivity contribution >= 4 is 33.6 Å². The van der Waals surface area contributed by atoms with Crippen LogP contribution in [0.15, 0.2) is 146 Å². The van der Waals surface area contributed by atoms with Crippen LogP contribution >= 0.6 is 15.6 Å². The van der Waals surface area contributed by atoms with Gasteiger partial charge in [0.1, 0.15) is 25.4 Å². The predicted octanol–water partition coefficient (Wildman–Crippen LogP) is 21.3. The van der Waals surface area contributed by atoms with E-state index in [1.165, 1.54) is 44.9 Å². The first-order valence-electron chi connectivity index (χ1n) is 37.1. The maximum absolute atomic E-state index is 12.9. The highest BCUT2D eigenvalue weighted by molar-refractivity contribution is 7.47. The zero-order valence-electron chi connectivity index (χ0n) is 60.2. The Morgan fingerprint density at radius 1 is 0.299 bits per heavy atom. The van der Waals surface area contributed by atoms with Gasteiger partial charge in [0.05, 0.1) is 26.4 Å². The molecule has 554 valence electrons. The fourth-order valence-electron chi connectivity index (χ4n) is 9.40. The Morgan fingerprint density at radius 2 is 0.546 bits per heavy atom. The molecule has 0 aliphatic heterocycles. The molecular formula is C79H132O16P2. The third-order valence-electron chi connectivity index (χ3n) is 15.0. The molecule has 0 spiro atoms. The third kappa shape index (κ3) is 72.5. The second-order valence-corrected chi connectivity index (χ2v) is 27.2. The summed E-state index contributed by atoms with van der Waals surface area (Å²) in [6, 6.07) is 0. The summed E-state index contributed by atoms with van der Waals surface area (Å²) in [7, 11) is -9.79. The summed E-state index contributed by atoms with van der Waals surface area (Å²) in [5.41, 5.74) is 0. The number of carbonyl (C=O) groups excluding carboxylic acids is 3. The molecule has 0 aromatic heterocycles. The zero-order chi connectivity index (χ0) is 70.9. The van der Waals surface area contributed by atoms with Gasteiger partial charge in [0.15, 0.2) is 6.10 Å². The van der Waals surface area contributed by atoms with Crippen LogP contribution in [0, 0.1) is 0 Å². The summed E-state index contributed by atoms with van der Waals surface area (Å²) in [5.74, 6) is -1.62. The van der Waals surface area contributed by atoms with Crippen LogP contribution in [0.3, 0.4) is 0 Å². The fourth-order valence-corrected chi connectivity index (χ4v) is 11.0. The molecule has 0 amide bonds. The van der Waals surface area contributed by atoms with E-state index in [4.69, 9.17) is 32.3 Å². The smallest absolute Gasteiger partial charge is 0.463 e. The molecule has 0 fully saturated rings. The van der Waals surface area contributed by atoms with E-state index < -0.39 is 91.5 Å². The van der Waals surface area contributed by atoms with Crippen molar-refractivity contribution in [2.75, 3.05) is 39.6 Å². The molecule has 0 aliphatic carbocycles. The van der Waals surface area contributed by atoms with Gasteiger partial charge in [0, 0.05) is 19.3 Å². The molecule has 0 aromatic carbocycles. The van der Waals surface area contributed by atoms with Crippen LogP contribution in [0.25, 0.3) is 0 Å². The van der Waals surface area contributed by atoms with Crippen molar-refractivity contribution < 1.29 is 75.8 Å². The molecule has 4 N–H and O–H groups in total. The number of phosphoric acid groups is 2. The SMILES string of the molecule is CC/C=C\C/C=C\C/C=C\C/C=C\C/C=C\C/C=C\CCCCCCCCCCCCC(=O)OCC(O)COP(=O)(O)OCC(O)COP(=O)(O)OCC(COC(=O)CCCCCCC/C=C\C/C=C\C/C=C\C/C=C\C/C=C\CC)OC(=O)CCCCCCC/C=C\CCCC. The third-order valence-corrected chi connectivity index (χ3v) is 16.9. The second kappa shape index (κ2) is 71.3. The molecule has 18 heteroatoms. The van der Waals surface area contributed by atoms with E-state index in [9.17, 15) is 43.5 Å². The molecule has 0 saturated heterocycles. The van der Waals surface area contributed by atoms with Crippen LogP contribution in [0.4, 0.5) is 0 Å². The van der Waals surface area contributed by atoms with E-state index in [1.807, 2.05) is 0 Å². The van der Waals surface area contributed by atoms with E-state index in [1.54, 1.807) is 0 Å². The van der Waals surface area contributed by atoms with E-state index >= 15 is 0 Å². The van der Waals surface area contributed by atoms with E-state index in [2.05, 4.69) is 167 Å². The van der Waals surface area contributed by atoms with Gasteiger partial charge in [-0.15, -0.1) is 0 Å². The number of rotatable bonds is 69. The number of ether oxygens (including phenoxy) is 3. The lowest BCUT2D eigenvalue weighted by atomic mass is 10.1. The first kappa shape index (κ1) is 92.4. The Labute approximate surface area is 587 Å². The monoisotopic (exact) mass is 1400 g/mol. The quantitative estimate of drug-likeness (QED) is 0.0146. The number of hydrogen-bond donors (Lipinski definition) is 4. The van der Waals surface area contributed by atoms with Crippen LogP contribution in [-0.4, -0.2) is 95.9 Å². The molecule has 97 heavy (non-hydrogen) atoms. The molecule has 5 unspecified atom stereocenters. The normalized spacial score (nSPS) is 14.9.